The highest BCUT2D eigenvalue weighted by atomic mass is 15.0. The Morgan fingerprint density at radius 3 is 1.88 bits per heavy atom. The summed E-state index contributed by atoms with van der Waals surface area (Å²) in [4.78, 5) is 0. The molecule has 5 aromatic carbocycles. The molecule has 0 atom stereocenters. The van der Waals surface area contributed by atoms with E-state index in [-0.39, 0.29) is 0 Å². The molecule has 33 heavy (non-hydrogen) atoms. The fraction of sp³-hybridized carbons (Fsp3) is 0.0625. The first-order valence-corrected chi connectivity index (χ1v) is 11.6. The SMILES string of the molecule is c1ccc(-c2ccc(CCc3cccc4c5ccccc5n(-c5ccccc5)c34)cc2)cc1. The van der Waals surface area contributed by atoms with Crippen molar-refractivity contribution in [2.45, 2.75) is 12.8 Å². The van der Waals surface area contributed by atoms with Gasteiger partial charge in [0.15, 0.2) is 0 Å². The van der Waals surface area contributed by atoms with Crippen molar-refractivity contribution < 1.29 is 0 Å². The Balaban J connectivity index is 1.39. The third-order valence-corrected chi connectivity index (χ3v) is 6.54. The number of para-hydroxylation sites is 3. The second-order valence-electron chi connectivity index (χ2n) is 8.56. The number of benzene rings is 5. The van der Waals surface area contributed by atoms with Crippen molar-refractivity contribution in [3.05, 3.63) is 139 Å². The molecule has 0 bridgehead atoms. The summed E-state index contributed by atoms with van der Waals surface area (Å²) in [6, 6.07) is 45.8. The van der Waals surface area contributed by atoms with Crippen molar-refractivity contribution in [3.8, 4) is 16.8 Å². The Morgan fingerprint density at radius 1 is 0.455 bits per heavy atom. The quantitative estimate of drug-likeness (QED) is 0.263. The zero-order valence-electron chi connectivity index (χ0n) is 18.5. The Morgan fingerprint density at radius 2 is 1.09 bits per heavy atom. The van der Waals surface area contributed by atoms with Crippen molar-refractivity contribution in [1.82, 2.24) is 4.57 Å². The van der Waals surface area contributed by atoms with Crippen LogP contribution < -0.4 is 0 Å². The number of fused-ring (bicyclic) bond motifs is 3. The lowest BCUT2D eigenvalue weighted by Crippen LogP contribution is -1.98. The second kappa shape index (κ2) is 8.44. The molecular formula is C32H25N. The number of aromatic nitrogens is 1. The van der Waals surface area contributed by atoms with Crippen molar-refractivity contribution in [2.24, 2.45) is 0 Å². The predicted molar refractivity (Wildman–Crippen MR) is 140 cm³/mol. The van der Waals surface area contributed by atoms with E-state index in [1.54, 1.807) is 0 Å². The maximum Gasteiger partial charge on any atom is 0.0573 e. The van der Waals surface area contributed by atoms with Gasteiger partial charge in [-0.3, -0.25) is 0 Å². The molecule has 1 heteroatoms. The monoisotopic (exact) mass is 423 g/mol. The van der Waals surface area contributed by atoms with Gasteiger partial charge in [-0.05, 0) is 53.3 Å². The summed E-state index contributed by atoms with van der Waals surface area (Å²) in [6.07, 6.45) is 2.02. The average Bonchev–Trinajstić information content (AvgIpc) is 3.24. The lowest BCUT2D eigenvalue weighted by Gasteiger charge is -2.11. The van der Waals surface area contributed by atoms with E-state index in [1.165, 1.54) is 49.7 Å². The summed E-state index contributed by atoms with van der Waals surface area (Å²) in [6.45, 7) is 0. The van der Waals surface area contributed by atoms with E-state index in [1.807, 2.05) is 0 Å². The van der Waals surface area contributed by atoms with Gasteiger partial charge in [0.05, 0.1) is 11.0 Å². The molecule has 0 spiro atoms. The van der Waals surface area contributed by atoms with Crippen LogP contribution in [0.2, 0.25) is 0 Å². The first-order valence-electron chi connectivity index (χ1n) is 11.6. The van der Waals surface area contributed by atoms with Gasteiger partial charge in [-0.1, -0.05) is 109 Å². The number of hydrogen-bond acceptors (Lipinski definition) is 0. The van der Waals surface area contributed by atoms with Gasteiger partial charge >= 0.3 is 0 Å². The molecule has 0 saturated heterocycles. The minimum Gasteiger partial charge on any atom is -0.309 e. The van der Waals surface area contributed by atoms with E-state index in [4.69, 9.17) is 0 Å². The van der Waals surface area contributed by atoms with E-state index in [9.17, 15) is 0 Å². The molecule has 0 N–H and O–H groups in total. The van der Waals surface area contributed by atoms with Crippen LogP contribution in [0.15, 0.2) is 127 Å². The highest BCUT2D eigenvalue weighted by Crippen LogP contribution is 2.34. The van der Waals surface area contributed by atoms with Gasteiger partial charge in [0.2, 0.25) is 0 Å². The van der Waals surface area contributed by atoms with Gasteiger partial charge in [0.25, 0.3) is 0 Å². The molecule has 0 saturated carbocycles. The van der Waals surface area contributed by atoms with Crippen LogP contribution in [0.3, 0.4) is 0 Å². The Hall–Kier alpha value is -4.10. The number of nitrogens with zero attached hydrogens (tertiary/aromatic N) is 1. The molecule has 0 amide bonds. The lowest BCUT2D eigenvalue weighted by molar-refractivity contribution is 0.960. The number of aryl methyl sites for hydroxylation is 2. The van der Waals surface area contributed by atoms with Crippen LogP contribution in [0.25, 0.3) is 38.6 Å². The van der Waals surface area contributed by atoms with Crippen LogP contribution in [0.5, 0.6) is 0 Å². The van der Waals surface area contributed by atoms with Gasteiger partial charge in [-0.2, -0.15) is 0 Å². The smallest absolute Gasteiger partial charge is 0.0573 e. The second-order valence-corrected chi connectivity index (χ2v) is 8.56. The highest BCUT2D eigenvalue weighted by Gasteiger charge is 2.14. The summed E-state index contributed by atoms with van der Waals surface area (Å²) in [7, 11) is 0. The van der Waals surface area contributed by atoms with Crippen molar-refractivity contribution in [1.29, 1.82) is 0 Å². The molecule has 0 aliphatic carbocycles. The van der Waals surface area contributed by atoms with Crippen LogP contribution in [0.4, 0.5) is 0 Å². The molecule has 1 heterocycles. The molecule has 0 radical (unpaired) electrons. The molecule has 0 unspecified atom stereocenters. The van der Waals surface area contributed by atoms with Gasteiger partial charge in [0.1, 0.15) is 0 Å². The summed E-state index contributed by atoms with van der Waals surface area (Å²) < 4.78 is 2.43. The van der Waals surface area contributed by atoms with Gasteiger partial charge < -0.3 is 4.57 Å². The first-order chi connectivity index (χ1) is 16.4. The Kier molecular flexibility index (Phi) is 5.01. The number of rotatable bonds is 5. The molecular weight excluding hydrogens is 398 g/mol. The van der Waals surface area contributed by atoms with E-state index in [0.29, 0.717) is 0 Å². The zero-order valence-corrected chi connectivity index (χ0v) is 18.5. The summed E-state index contributed by atoms with van der Waals surface area (Å²) in [5, 5.41) is 2.64. The van der Waals surface area contributed by atoms with Crippen LogP contribution in [-0.2, 0) is 12.8 Å². The average molecular weight is 424 g/mol. The molecule has 0 aliphatic heterocycles. The van der Waals surface area contributed by atoms with Crippen LogP contribution in [-0.4, -0.2) is 4.57 Å². The molecule has 6 rings (SSSR count). The first kappa shape index (κ1) is 19.6. The summed E-state index contributed by atoms with van der Waals surface area (Å²) in [5.74, 6) is 0. The molecule has 0 fully saturated rings. The maximum absolute atomic E-state index is 2.43. The van der Waals surface area contributed by atoms with Crippen LogP contribution >= 0.6 is 0 Å². The molecule has 1 aromatic heterocycles. The Labute approximate surface area is 194 Å². The van der Waals surface area contributed by atoms with Crippen molar-refractivity contribution in [3.63, 3.8) is 0 Å². The highest BCUT2D eigenvalue weighted by molar-refractivity contribution is 6.10. The van der Waals surface area contributed by atoms with Crippen molar-refractivity contribution >= 4 is 21.8 Å². The molecule has 0 aliphatic rings. The van der Waals surface area contributed by atoms with E-state index >= 15 is 0 Å². The third kappa shape index (κ3) is 3.62. The molecule has 6 aromatic rings. The van der Waals surface area contributed by atoms with Gasteiger partial charge in [-0.25, -0.2) is 0 Å². The van der Waals surface area contributed by atoms with Crippen LogP contribution in [0.1, 0.15) is 11.1 Å². The van der Waals surface area contributed by atoms with Gasteiger partial charge in [0, 0.05) is 16.5 Å². The minimum atomic E-state index is 1.01. The Bertz CT molecular complexity index is 1520. The fourth-order valence-electron chi connectivity index (χ4n) is 4.91. The standard InChI is InChI=1S/C32H25N/c1-3-10-25(11-4-1)26-21-18-24(19-22-26)20-23-27-12-9-16-30-29-15-7-8-17-31(29)33(32(27)30)28-13-5-2-6-14-28/h1-19,21-22H,20,23H2. The van der Waals surface area contributed by atoms with E-state index < -0.39 is 0 Å². The zero-order chi connectivity index (χ0) is 22.0. The van der Waals surface area contributed by atoms with Crippen molar-refractivity contribution in [2.75, 3.05) is 0 Å². The molecule has 1 nitrogen and oxygen atoms in total. The minimum absolute atomic E-state index is 1.01. The van der Waals surface area contributed by atoms with Crippen LogP contribution in [0, 0.1) is 0 Å². The lowest BCUT2D eigenvalue weighted by atomic mass is 9.99. The summed E-state index contributed by atoms with van der Waals surface area (Å²) in [5.41, 5.74) is 9.09. The van der Waals surface area contributed by atoms with Gasteiger partial charge in [-0.15, -0.1) is 0 Å². The topological polar surface area (TPSA) is 4.93 Å². The molecule has 158 valence electrons. The largest absolute Gasteiger partial charge is 0.309 e. The van der Waals surface area contributed by atoms with E-state index in [2.05, 4.69) is 132 Å². The maximum atomic E-state index is 2.43. The fourth-order valence-corrected chi connectivity index (χ4v) is 4.91. The third-order valence-electron chi connectivity index (χ3n) is 6.54. The number of hydrogen-bond donors (Lipinski definition) is 0. The van der Waals surface area contributed by atoms with E-state index in [0.717, 1.165) is 12.8 Å². The summed E-state index contributed by atoms with van der Waals surface area (Å²) >= 11 is 0. The normalized spacial score (nSPS) is 11.3. The predicted octanol–water partition coefficient (Wildman–Crippen LogP) is 8.24.